The van der Waals surface area contributed by atoms with Crippen LogP contribution in [-0.2, 0) is 4.74 Å². The van der Waals surface area contributed by atoms with E-state index in [2.05, 4.69) is 9.97 Å². The van der Waals surface area contributed by atoms with E-state index in [9.17, 15) is 0 Å². The quantitative estimate of drug-likeness (QED) is 0.748. The van der Waals surface area contributed by atoms with Crippen molar-refractivity contribution in [2.75, 3.05) is 20.3 Å². The van der Waals surface area contributed by atoms with Crippen molar-refractivity contribution in [2.45, 2.75) is 0 Å². The second-order valence-electron chi connectivity index (χ2n) is 2.90. The Kier molecular flexibility index (Phi) is 2.65. The summed E-state index contributed by atoms with van der Waals surface area (Å²) in [4.78, 5) is 7.37. The molecule has 4 heteroatoms. The van der Waals surface area contributed by atoms with Gasteiger partial charge in [0.2, 0.25) is 5.88 Å². The van der Waals surface area contributed by atoms with E-state index in [0.717, 1.165) is 11.0 Å². The lowest BCUT2D eigenvalue weighted by Gasteiger charge is -2.03. The van der Waals surface area contributed by atoms with Crippen molar-refractivity contribution in [2.24, 2.45) is 0 Å². The van der Waals surface area contributed by atoms with E-state index >= 15 is 0 Å². The number of rotatable bonds is 4. The molecule has 0 aromatic carbocycles. The summed E-state index contributed by atoms with van der Waals surface area (Å²) >= 11 is 0. The van der Waals surface area contributed by atoms with Gasteiger partial charge in [-0.3, -0.25) is 0 Å². The van der Waals surface area contributed by atoms with Crippen molar-refractivity contribution in [3.8, 4) is 5.88 Å². The predicted molar refractivity (Wildman–Crippen MR) is 53.5 cm³/mol. The van der Waals surface area contributed by atoms with Gasteiger partial charge in [-0.1, -0.05) is 0 Å². The zero-order valence-corrected chi connectivity index (χ0v) is 7.99. The first-order valence-corrected chi connectivity index (χ1v) is 4.46. The fourth-order valence-corrected chi connectivity index (χ4v) is 1.23. The fraction of sp³-hybridized carbons (Fsp3) is 0.300. The molecule has 74 valence electrons. The molecular formula is C10H12N2O2. The first-order chi connectivity index (χ1) is 6.90. The number of aromatic amines is 1. The molecule has 0 aliphatic carbocycles. The van der Waals surface area contributed by atoms with Gasteiger partial charge in [0.05, 0.1) is 17.6 Å². The Bertz CT molecular complexity index is 411. The Balaban J connectivity index is 2.10. The summed E-state index contributed by atoms with van der Waals surface area (Å²) in [5.41, 5.74) is 1.93. The van der Waals surface area contributed by atoms with Gasteiger partial charge in [0.25, 0.3) is 0 Å². The summed E-state index contributed by atoms with van der Waals surface area (Å²) < 4.78 is 10.3. The number of hydrogen-bond donors (Lipinski definition) is 1. The Morgan fingerprint density at radius 3 is 3.07 bits per heavy atom. The van der Waals surface area contributed by atoms with E-state index < -0.39 is 0 Å². The molecule has 2 rings (SSSR count). The highest BCUT2D eigenvalue weighted by Crippen LogP contribution is 2.14. The first-order valence-electron chi connectivity index (χ1n) is 4.46. The molecule has 14 heavy (non-hydrogen) atoms. The molecule has 4 nitrogen and oxygen atoms in total. The number of methoxy groups -OCH3 is 1. The van der Waals surface area contributed by atoms with Crippen LogP contribution in [0.2, 0.25) is 0 Å². The van der Waals surface area contributed by atoms with E-state index in [4.69, 9.17) is 9.47 Å². The van der Waals surface area contributed by atoms with Crippen LogP contribution in [0.4, 0.5) is 0 Å². The van der Waals surface area contributed by atoms with Crippen LogP contribution in [-0.4, -0.2) is 30.3 Å². The van der Waals surface area contributed by atoms with Crippen LogP contribution in [0.3, 0.4) is 0 Å². The van der Waals surface area contributed by atoms with Crippen LogP contribution in [0, 0.1) is 0 Å². The zero-order chi connectivity index (χ0) is 9.80. The van der Waals surface area contributed by atoms with Crippen molar-refractivity contribution >= 4 is 11.0 Å². The first kappa shape index (κ1) is 9.02. The summed E-state index contributed by atoms with van der Waals surface area (Å²) in [7, 11) is 1.64. The number of fused-ring (bicyclic) bond motifs is 1. The molecule has 1 N–H and O–H groups in total. The summed E-state index contributed by atoms with van der Waals surface area (Å²) in [5.74, 6) is 0.633. The van der Waals surface area contributed by atoms with Crippen molar-refractivity contribution in [1.82, 2.24) is 9.97 Å². The number of H-pyrrole nitrogens is 1. The molecule has 0 fully saturated rings. The average Bonchev–Trinajstić information content (AvgIpc) is 2.65. The molecule has 0 bridgehead atoms. The van der Waals surface area contributed by atoms with Gasteiger partial charge in [0.1, 0.15) is 6.61 Å². The van der Waals surface area contributed by atoms with Crippen LogP contribution in [0.1, 0.15) is 0 Å². The molecular weight excluding hydrogens is 180 g/mol. The normalized spacial score (nSPS) is 10.6. The summed E-state index contributed by atoms with van der Waals surface area (Å²) in [6.07, 6.45) is 1.86. The molecule has 2 aromatic heterocycles. The van der Waals surface area contributed by atoms with Gasteiger partial charge in [-0.2, -0.15) is 0 Å². The van der Waals surface area contributed by atoms with E-state index in [1.165, 1.54) is 0 Å². The predicted octanol–water partition coefficient (Wildman–Crippen LogP) is 1.59. The molecule has 2 heterocycles. The van der Waals surface area contributed by atoms with E-state index in [1.807, 2.05) is 24.4 Å². The minimum atomic E-state index is 0.527. The molecule has 2 aromatic rings. The lowest BCUT2D eigenvalue weighted by molar-refractivity contribution is 0.144. The number of pyridine rings is 1. The smallest absolute Gasteiger partial charge is 0.213 e. The topological polar surface area (TPSA) is 47.1 Å². The largest absolute Gasteiger partial charge is 0.475 e. The van der Waals surface area contributed by atoms with Gasteiger partial charge in [-0.25, -0.2) is 4.98 Å². The molecule has 0 atom stereocenters. The van der Waals surface area contributed by atoms with E-state index in [-0.39, 0.29) is 0 Å². The SMILES string of the molecule is COCCOc1ccc2[nH]ccc2n1. The highest BCUT2D eigenvalue weighted by molar-refractivity contribution is 5.75. The summed E-state index contributed by atoms with van der Waals surface area (Å²) in [6.45, 7) is 1.10. The molecule has 0 unspecified atom stereocenters. The van der Waals surface area contributed by atoms with Crippen LogP contribution in [0.15, 0.2) is 24.4 Å². The zero-order valence-electron chi connectivity index (χ0n) is 7.99. The molecule has 0 aliphatic heterocycles. The van der Waals surface area contributed by atoms with Crippen LogP contribution in [0.5, 0.6) is 5.88 Å². The average molecular weight is 192 g/mol. The lowest BCUT2D eigenvalue weighted by Crippen LogP contribution is -2.05. The maximum absolute atomic E-state index is 5.37. The number of nitrogens with one attached hydrogen (secondary N) is 1. The van der Waals surface area contributed by atoms with Crippen molar-refractivity contribution < 1.29 is 9.47 Å². The van der Waals surface area contributed by atoms with Crippen LogP contribution >= 0.6 is 0 Å². The van der Waals surface area contributed by atoms with Gasteiger partial charge in [-0.15, -0.1) is 0 Å². The van der Waals surface area contributed by atoms with Gasteiger partial charge in [0.15, 0.2) is 0 Å². The number of aromatic nitrogens is 2. The molecule has 0 saturated carbocycles. The molecule has 0 radical (unpaired) electrons. The Labute approximate surface area is 81.9 Å². The third kappa shape index (κ3) is 1.85. The van der Waals surface area contributed by atoms with Crippen molar-refractivity contribution in [3.05, 3.63) is 24.4 Å². The standard InChI is InChI=1S/C10H12N2O2/c1-13-6-7-14-10-3-2-8-9(12-10)4-5-11-8/h2-5,11H,6-7H2,1H3. The lowest BCUT2D eigenvalue weighted by atomic mass is 10.4. The minimum Gasteiger partial charge on any atom is -0.475 e. The van der Waals surface area contributed by atoms with Gasteiger partial charge < -0.3 is 14.5 Å². The number of ether oxygens (including phenoxy) is 2. The minimum absolute atomic E-state index is 0.527. The summed E-state index contributed by atoms with van der Waals surface area (Å²) in [6, 6.07) is 5.71. The van der Waals surface area contributed by atoms with Gasteiger partial charge in [-0.05, 0) is 12.1 Å². The Morgan fingerprint density at radius 2 is 2.21 bits per heavy atom. The third-order valence-corrected chi connectivity index (χ3v) is 1.92. The van der Waals surface area contributed by atoms with Crippen LogP contribution in [0.25, 0.3) is 11.0 Å². The van der Waals surface area contributed by atoms with Crippen molar-refractivity contribution in [1.29, 1.82) is 0 Å². The maximum Gasteiger partial charge on any atom is 0.213 e. The Hall–Kier alpha value is -1.55. The fourth-order valence-electron chi connectivity index (χ4n) is 1.23. The Morgan fingerprint density at radius 1 is 1.29 bits per heavy atom. The monoisotopic (exact) mass is 192 g/mol. The summed E-state index contributed by atoms with van der Waals surface area (Å²) in [5, 5.41) is 0. The highest BCUT2D eigenvalue weighted by atomic mass is 16.5. The van der Waals surface area contributed by atoms with Crippen molar-refractivity contribution in [3.63, 3.8) is 0 Å². The van der Waals surface area contributed by atoms with Gasteiger partial charge in [0, 0.05) is 19.4 Å². The molecule has 0 saturated heterocycles. The van der Waals surface area contributed by atoms with Crippen LogP contribution < -0.4 is 4.74 Å². The maximum atomic E-state index is 5.37. The second kappa shape index (κ2) is 4.11. The number of nitrogens with zero attached hydrogens (tertiary/aromatic N) is 1. The van der Waals surface area contributed by atoms with Gasteiger partial charge >= 0.3 is 0 Å². The van der Waals surface area contributed by atoms with E-state index in [1.54, 1.807) is 7.11 Å². The molecule has 0 amide bonds. The third-order valence-electron chi connectivity index (χ3n) is 1.92. The molecule has 0 spiro atoms. The highest BCUT2D eigenvalue weighted by Gasteiger charge is 1.98. The second-order valence-corrected chi connectivity index (χ2v) is 2.90. The number of hydrogen-bond acceptors (Lipinski definition) is 3. The van der Waals surface area contributed by atoms with E-state index in [0.29, 0.717) is 19.1 Å². The molecule has 0 aliphatic rings.